The van der Waals surface area contributed by atoms with Crippen LogP contribution in [0.2, 0.25) is 0 Å². The summed E-state index contributed by atoms with van der Waals surface area (Å²) in [6.07, 6.45) is 6.78. The lowest BCUT2D eigenvalue weighted by Crippen LogP contribution is -2.14. The van der Waals surface area contributed by atoms with Crippen LogP contribution in [0.25, 0.3) is 0 Å². The highest BCUT2D eigenvalue weighted by Crippen LogP contribution is 2.12. The second kappa shape index (κ2) is 10.7. The summed E-state index contributed by atoms with van der Waals surface area (Å²) in [6.45, 7) is 9.43. The first kappa shape index (κ1) is 17.0. The molecule has 20 heavy (non-hydrogen) atoms. The number of benzene rings is 1. The first-order valence-corrected chi connectivity index (χ1v) is 8.14. The van der Waals surface area contributed by atoms with Crippen molar-refractivity contribution in [1.82, 2.24) is 5.32 Å². The molecule has 0 amide bonds. The summed E-state index contributed by atoms with van der Waals surface area (Å²) < 4.78 is 5.44. The number of hydrogen-bond acceptors (Lipinski definition) is 2. The predicted molar refractivity (Wildman–Crippen MR) is 87.2 cm³/mol. The van der Waals surface area contributed by atoms with Crippen LogP contribution in [0.1, 0.15) is 58.4 Å². The Morgan fingerprint density at radius 2 is 1.70 bits per heavy atom. The summed E-state index contributed by atoms with van der Waals surface area (Å²) in [5.74, 6) is 1.81. The van der Waals surface area contributed by atoms with Crippen LogP contribution in [0, 0.1) is 5.92 Å². The summed E-state index contributed by atoms with van der Waals surface area (Å²) in [5, 5.41) is 3.51. The standard InChI is InChI=1S/C18H31NO/c1-4-20-18-12-10-17(11-13-18)15-19-14-8-6-5-7-9-16(2)3/h10-13,16,19H,4-9,14-15H2,1-3H3. The maximum atomic E-state index is 5.44. The van der Waals surface area contributed by atoms with Crippen LogP contribution in [0.3, 0.4) is 0 Å². The highest BCUT2D eigenvalue weighted by Gasteiger charge is 1.96. The normalized spacial score (nSPS) is 11.0. The smallest absolute Gasteiger partial charge is 0.119 e. The predicted octanol–water partition coefficient (Wildman–Crippen LogP) is 4.78. The monoisotopic (exact) mass is 277 g/mol. The van der Waals surface area contributed by atoms with Crippen LogP contribution in [0.15, 0.2) is 24.3 Å². The molecule has 1 rings (SSSR count). The van der Waals surface area contributed by atoms with Crippen molar-refractivity contribution in [2.75, 3.05) is 13.2 Å². The molecule has 0 bridgehead atoms. The van der Waals surface area contributed by atoms with Gasteiger partial charge in [0.1, 0.15) is 5.75 Å². The summed E-state index contributed by atoms with van der Waals surface area (Å²) in [6, 6.07) is 8.38. The Bertz CT molecular complexity index is 332. The van der Waals surface area contributed by atoms with E-state index in [0.717, 1.165) is 31.4 Å². The maximum Gasteiger partial charge on any atom is 0.119 e. The molecule has 1 N–H and O–H groups in total. The van der Waals surface area contributed by atoms with Gasteiger partial charge < -0.3 is 10.1 Å². The van der Waals surface area contributed by atoms with Crippen LogP contribution in [-0.2, 0) is 6.54 Å². The first-order valence-electron chi connectivity index (χ1n) is 8.14. The number of ether oxygens (including phenoxy) is 1. The molecule has 1 aromatic rings. The van der Waals surface area contributed by atoms with E-state index >= 15 is 0 Å². The molecule has 0 spiro atoms. The minimum Gasteiger partial charge on any atom is -0.494 e. The minimum absolute atomic E-state index is 0.731. The van der Waals surface area contributed by atoms with Gasteiger partial charge in [-0.15, -0.1) is 0 Å². The lowest BCUT2D eigenvalue weighted by molar-refractivity contribution is 0.340. The molecule has 2 heteroatoms. The van der Waals surface area contributed by atoms with Gasteiger partial charge in [-0.05, 0) is 43.5 Å². The molecule has 0 aliphatic carbocycles. The van der Waals surface area contributed by atoms with E-state index in [4.69, 9.17) is 4.74 Å². The second-order valence-corrected chi connectivity index (χ2v) is 5.85. The zero-order valence-corrected chi connectivity index (χ0v) is 13.5. The van der Waals surface area contributed by atoms with Crippen molar-refractivity contribution in [3.8, 4) is 5.75 Å². The van der Waals surface area contributed by atoms with Crippen molar-refractivity contribution in [1.29, 1.82) is 0 Å². The van der Waals surface area contributed by atoms with Crippen LogP contribution in [0.4, 0.5) is 0 Å². The molecule has 0 unspecified atom stereocenters. The molecule has 0 saturated carbocycles. The topological polar surface area (TPSA) is 21.3 Å². The number of nitrogens with one attached hydrogen (secondary N) is 1. The molecular formula is C18H31NO. The molecule has 0 radical (unpaired) electrons. The van der Waals surface area contributed by atoms with Gasteiger partial charge in [0.25, 0.3) is 0 Å². The summed E-state index contributed by atoms with van der Waals surface area (Å²) in [7, 11) is 0. The van der Waals surface area contributed by atoms with Gasteiger partial charge in [0.2, 0.25) is 0 Å². The van der Waals surface area contributed by atoms with Crippen LogP contribution in [0.5, 0.6) is 5.75 Å². The maximum absolute atomic E-state index is 5.44. The average Bonchev–Trinajstić information content (AvgIpc) is 2.43. The highest BCUT2D eigenvalue weighted by atomic mass is 16.5. The minimum atomic E-state index is 0.731. The van der Waals surface area contributed by atoms with E-state index in [9.17, 15) is 0 Å². The fourth-order valence-corrected chi connectivity index (χ4v) is 2.26. The fraction of sp³-hybridized carbons (Fsp3) is 0.667. The van der Waals surface area contributed by atoms with Crippen molar-refractivity contribution < 1.29 is 4.74 Å². The molecule has 0 atom stereocenters. The Hall–Kier alpha value is -1.02. The molecule has 0 aromatic heterocycles. The van der Waals surface area contributed by atoms with Gasteiger partial charge in [-0.1, -0.05) is 51.7 Å². The van der Waals surface area contributed by atoms with E-state index < -0.39 is 0 Å². The average molecular weight is 277 g/mol. The molecule has 1 aromatic carbocycles. The largest absolute Gasteiger partial charge is 0.494 e. The molecule has 0 aliphatic rings. The van der Waals surface area contributed by atoms with Crippen molar-refractivity contribution >= 4 is 0 Å². The van der Waals surface area contributed by atoms with Crippen LogP contribution in [-0.4, -0.2) is 13.2 Å². The summed E-state index contributed by atoms with van der Waals surface area (Å²) >= 11 is 0. The molecule has 0 saturated heterocycles. The Balaban J connectivity index is 2.00. The summed E-state index contributed by atoms with van der Waals surface area (Å²) in [4.78, 5) is 0. The Labute approximate surface area is 124 Å². The van der Waals surface area contributed by atoms with Gasteiger partial charge in [0, 0.05) is 6.54 Å². The van der Waals surface area contributed by atoms with E-state index in [1.165, 1.54) is 37.7 Å². The second-order valence-electron chi connectivity index (χ2n) is 5.85. The van der Waals surface area contributed by atoms with Crippen LogP contribution < -0.4 is 10.1 Å². The lowest BCUT2D eigenvalue weighted by atomic mass is 10.0. The molecule has 0 aliphatic heterocycles. The SMILES string of the molecule is CCOc1ccc(CNCCCCCCC(C)C)cc1. The Morgan fingerprint density at radius 1 is 1.00 bits per heavy atom. The van der Waals surface area contributed by atoms with Gasteiger partial charge in [-0.2, -0.15) is 0 Å². The van der Waals surface area contributed by atoms with Crippen molar-refractivity contribution in [2.45, 2.75) is 59.4 Å². The van der Waals surface area contributed by atoms with E-state index in [1.807, 2.05) is 19.1 Å². The molecular weight excluding hydrogens is 246 g/mol. The fourth-order valence-electron chi connectivity index (χ4n) is 2.26. The van der Waals surface area contributed by atoms with Crippen LogP contribution >= 0.6 is 0 Å². The van der Waals surface area contributed by atoms with Gasteiger partial charge in [0.15, 0.2) is 0 Å². The van der Waals surface area contributed by atoms with E-state index in [0.29, 0.717) is 0 Å². The number of hydrogen-bond donors (Lipinski definition) is 1. The van der Waals surface area contributed by atoms with E-state index in [1.54, 1.807) is 0 Å². The Morgan fingerprint density at radius 3 is 2.35 bits per heavy atom. The molecule has 114 valence electrons. The third kappa shape index (κ3) is 8.21. The zero-order valence-electron chi connectivity index (χ0n) is 13.5. The van der Waals surface area contributed by atoms with Gasteiger partial charge >= 0.3 is 0 Å². The zero-order chi connectivity index (χ0) is 14.6. The molecule has 0 heterocycles. The third-order valence-corrected chi connectivity index (χ3v) is 3.45. The first-order chi connectivity index (χ1) is 9.72. The van der Waals surface area contributed by atoms with Gasteiger partial charge in [-0.3, -0.25) is 0 Å². The summed E-state index contributed by atoms with van der Waals surface area (Å²) in [5.41, 5.74) is 1.33. The third-order valence-electron chi connectivity index (χ3n) is 3.45. The number of unbranched alkanes of at least 4 members (excludes halogenated alkanes) is 3. The van der Waals surface area contributed by atoms with E-state index in [2.05, 4.69) is 31.3 Å². The van der Waals surface area contributed by atoms with Crippen molar-refractivity contribution in [3.63, 3.8) is 0 Å². The lowest BCUT2D eigenvalue weighted by Gasteiger charge is -2.07. The van der Waals surface area contributed by atoms with E-state index in [-0.39, 0.29) is 0 Å². The van der Waals surface area contributed by atoms with Crippen molar-refractivity contribution in [2.24, 2.45) is 5.92 Å². The highest BCUT2D eigenvalue weighted by molar-refractivity contribution is 5.27. The van der Waals surface area contributed by atoms with Crippen molar-refractivity contribution in [3.05, 3.63) is 29.8 Å². The van der Waals surface area contributed by atoms with Gasteiger partial charge in [0.05, 0.1) is 6.61 Å². The Kier molecular flexibility index (Phi) is 9.14. The molecule has 0 fully saturated rings. The molecule has 2 nitrogen and oxygen atoms in total. The quantitative estimate of drug-likeness (QED) is 0.588. The number of rotatable bonds is 11. The van der Waals surface area contributed by atoms with Gasteiger partial charge in [-0.25, -0.2) is 0 Å².